The zero-order valence-electron chi connectivity index (χ0n) is 12.4. The van der Waals surface area contributed by atoms with Gasteiger partial charge in [-0.25, -0.2) is 4.79 Å². The van der Waals surface area contributed by atoms with Gasteiger partial charge >= 0.3 is 5.97 Å². The van der Waals surface area contributed by atoms with Gasteiger partial charge in [-0.2, -0.15) is 0 Å². The summed E-state index contributed by atoms with van der Waals surface area (Å²) in [5.41, 5.74) is 2.41. The lowest BCUT2D eigenvalue weighted by Crippen LogP contribution is -2.26. The van der Waals surface area contributed by atoms with Crippen molar-refractivity contribution >= 4 is 11.7 Å². The van der Waals surface area contributed by atoms with Crippen LogP contribution in [0.4, 0.5) is 5.69 Å². The molecule has 1 heterocycles. The Morgan fingerprint density at radius 2 is 2.20 bits per heavy atom. The Balaban J connectivity index is 2.01. The van der Waals surface area contributed by atoms with Crippen molar-refractivity contribution in [3.8, 4) is 0 Å². The molecular formula is C16H24N2O2. The monoisotopic (exact) mass is 276 g/mol. The minimum atomic E-state index is -0.868. The van der Waals surface area contributed by atoms with Crippen molar-refractivity contribution in [1.29, 1.82) is 0 Å². The third-order valence-electron chi connectivity index (χ3n) is 4.10. The van der Waals surface area contributed by atoms with Gasteiger partial charge in [-0.05, 0) is 63.0 Å². The molecule has 1 unspecified atom stereocenters. The third-order valence-corrected chi connectivity index (χ3v) is 4.10. The molecule has 1 aromatic carbocycles. The number of carboxylic acid groups (broad SMARTS) is 1. The van der Waals surface area contributed by atoms with Crippen molar-refractivity contribution in [1.82, 2.24) is 4.90 Å². The Morgan fingerprint density at radius 1 is 1.40 bits per heavy atom. The maximum absolute atomic E-state index is 10.9. The van der Waals surface area contributed by atoms with E-state index in [-0.39, 0.29) is 0 Å². The first-order valence-corrected chi connectivity index (χ1v) is 7.43. The fourth-order valence-corrected chi connectivity index (χ4v) is 2.79. The molecule has 2 rings (SSSR count). The molecule has 1 saturated heterocycles. The van der Waals surface area contributed by atoms with E-state index in [1.165, 1.54) is 19.4 Å². The van der Waals surface area contributed by atoms with Crippen LogP contribution in [0, 0.1) is 6.92 Å². The van der Waals surface area contributed by atoms with Crippen molar-refractivity contribution < 1.29 is 9.90 Å². The van der Waals surface area contributed by atoms with Crippen LogP contribution in [0.5, 0.6) is 0 Å². The van der Waals surface area contributed by atoms with Gasteiger partial charge in [0.05, 0.1) is 5.56 Å². The Hall–Kier alpha value is -1.55. The van der Waals surface area contributed by atoms with E-state index in [2.05, 4.69) is 17.1 Å². The molecule has 1 fully saturated rings. The van der Waals surface area contributed by atoms with Gasteiger partial charge in [0.2, 0.25) is 0 Å². The summed E-state index contributed by atoms with van der Waals surface area (Å²) < 4.78 is 0. The van der Waals surface area contributed by atoms with Crippen LogP contribution in [-0.2, 0) is 0 Å². The number of likely N-dealkylation sites (tertiary alicyclic amines) is 1. The molecule has 0 saturated carbocycles. The number of rotatable bonds is 4. The van der Waals surface area contributed by atoms with Crippen molar-refractivity contribution in [3.63, 3.8) is 0 Å². The zero-order valence-corrected chi connectivity index (χ0v) is 12.4. The predicted molar refractivity (Wildman–Crippen MR) is 81.5 cm³/mol. The molecule has 1 aromatic rings. The predicted octanol–water partition coefficient (Wildman–Crippen LogP) is 2.98. The van der Waals surface area contributed by atoms with Gasteiger partial charge in [0.25, 0.3) is 0 Å². The number of carbonyl (C=O) groups is 1. The summed E-state index contributed by atoms with van der Waals surface area (Å²) in [6.07, 6.45) is 3.54. The standard InChI is InChI=1S/C16H24N2O2/c1-3-18-9-4-5-14(8-10-18)17-15-7-6-13(16(19)20)11-12(15)2/h6-7,11,14,17H,3-5,8-10H2,1-2H3,(H,19,20). The Morgan fingerprint density at radius 3 is 2.85 bits per heavy atom. The van der Waals surface area contributed by atoms with Crippen LogP contribution in [0.15, 0.2) is 18.2 Å². The highest BCUT2D eigenvalue weighted by Gasteiger charge is 2.16. The summed E-state index contributed by atoms with van der Waals surface area (Å²) in [4.78, 5) is 13.4. The molecule has 2 N–H and O–H groups in total. The molecule has 110 valence electrons. The molecule has 1 atom stereocenters. The SMILES string of the molecule is CCN1CCCC(Nc2ccc(C(=O)O)cc2C)CC1. The van der Waals surface area contributed by atoms with E-state index in [1.807, 2.05) is 13.0 Å². The third kappa shape index (κ3) is 3.73. The van der Waals surface area contributed by atoms with Gasteiger partial charge in [0, 0.05) is 18.3 Å². The minimum absolute atomic E-state index is 0.353. The molecule has 0 aromatic heterocycles. The van der Waals surface area contributed by atoms with Crippen LogP contribution in [0.1, 0.15) is 42.1 Å². The summed E-state index contributed by atoms with van der Waals surface area (Å²) in [7, 11) is 0. The fraction of sp³-hybridized carbons (Fsp3) is 0.562. The lowest BCUT2D eigenvalue weighted by molar-refractivity contribution is 0.0697. The molecule has 1 aliphatic rings. The first kappa shape index (κ1) is 14.9. The normalized spacial score (nSPS) is 20.4. The highest BCUT2D eigenvalue weighted by atomic mass is 16.4. The second-order valence-corrected chi connectivity index (χ2v) is 5.54. The summed E-state index contributed by atoms with van der Waals surface area (Å²) in [6, 6.07) is 5.79. The van der Waals surface area contributed by atoms with Crippen LogP contribution in [0.3, 0.4) is 0 Å². The topological polar surface area (TPSA) is 52.6 Å². The van der Waals surface area contributed by atoms with Crippen LogP contribution in [-0.4, -0.2) is 41.7 Å². The number of nitrogens with zero attached hydrogens (tertiary/aromatic N) is 1. The van der Waals surface area contributed by atoms with Crippen molar-refractivity contribution in [3.05, 3.63) is 29.3 Å². The van der Waals surface area contributed by atoms with Gasteiger partial charge in [0.1, 0.15) is 0 Å². The van der Waals surface area contributed by atoms with Crippen LogP contribution in [0.2, 0.25) is 0 Å². The smallest absolute Gasteiger partial charge is 0.335 e. The van der Waals surface area contributed by atoms with Gasteiger partial charge in [0.15, 0.2) is 0 Å². The number of hydrogen-bond acceptors (Lipinski definition) is 3. The molecule has 0 bridgehead atoms. The number of benzene rings is 1. The van der Waals surface area contributed by atoms with Crippen LogP contribution < -0.4 is 5.32 Å². The number of anilines is 1. The molecule has 0 spiro atoms. The Bertz CT molecular complexity index is 474. The van der Waals surface area contributed by atoms with Gasteiger partial charge < -0.3 is 15.3 Å². The van der Waals surface area contributed by atoms with Crippen molar-refractivity contribution in [2.45, 2.75) is 39.2 Å². The second kappa shape index (κ2) is 6.75. The molecule has 0 aliphatic carbocycles. The van der Waals surface area contributed by atoms with E-state index in [9.17, 15) is 4.79 Å². The summed E-state index contributed by atoms with van der Waals surface area (Å²) >= 11 is 0. The quantitative estimate of drug-likeness (QED) is 0.887. The first-order valence-electron chi connectivity index (χ1n) is 7.43. The van der Waals surface area contributed by atoms with E-state index >= 15 is 0 Å². The van der Waals surface area contributed by atoms with Crippen LogP contribution >= 0.6 is 0 Å². The first-order chi connectivity index (χ1) is 9.60. The average Bonchev–Trinajstić information content (AvgIpc) is 2.66. The maximum Gasteiger partial charge on any atom is 0.335 e. The minimum Gasteiger partial charge on any atom is -0.478 e. The lowest BCUT2D eigenvalue weighted by atomic mass is 10.1. The highest BCUT2D eigenvalue weighted by Crippen LogP contribution is 2.21. The number of nitrogens with one attached hydrogen (secondary N) is 1. The maximum atomic E-state index is 10.9. The summed E-state index contributed by atoms with van der Waals surface area (Å²) in [5.74, 6) is -0.868. The molecule has 0 amide bonds. The number of aryl methyl sites for hydroxylation is 1. The van der Waals surface area contributed by atoms with Crippen molar-refractivity contribution in [2.75, 3.05) is 25.0 Å². The second-order valence-electron chi connectivity index (χ2n) is 5.54. The summed E-state index contributed by atoms with van der Waals surface area (Å²) in [5, 5.41) is 12.6. The summed E-state index contributed by atoms with van der Waals surface area (Å²) in [6.45, 7) is 7.62. The molecular weight excluding hydrogens is 252 g/mol. The lowest BCUT2D eigenvalue weighted by Gasteiger charge is -2.20. The van der Waals surface area contributed by atoms with Gasteiger partial charge in [-0.15, -0.1) is 0 Å². The van der Waals surface area contributed by atoms with E-state index in [0.717, 1.165) is 30.8 Å². The fourth-order valence-electron chi connectivity index (χ4n) is 2.79. The molecule has 1 aliphatic heterocycles. The van der Waals surface area contributed by atoms with E-state index in [1.54, 1.807) is 12.1 Å². The van der Waals surface area contributed by atoms with E-state index in [0.29, 0.717) is 11.6 Å². The number of hydrogen-bond donors (Lipinski definition) is 2. The van der Waals surface area contributed by atoms with Gasteiger partial charge in [-0.1, -0.05) is 6.92 Å². The number of aromatic carboxylic acids is 1. The molecule has 20 heavy (non-hydrogen) atoms. The highest BCUT2D eigenvalue weighted by molar-refractivity contribution is 5.88. The molecule has 4 nitrogen and oxygen atoms in total. The average molecular weight is 276 g/mol. The van der Waals surface area contributed by atoms with Crippen LogP contribution in [0.25, 0.3) is 0 Å². The Labute approximate surface area is 120 Å². The zero-order chi connectivity index (χ0) is 14.5. The molecule has 0 radical (unpaired) electrons. The van der Waals surface area contributed by atoms with Gasteiger partial charge in [-0.3, -0.25) is 0 Å². The molecule has 4 heteroatoms. The largest absolute Gasteiger partial charge is 0.478 e. The van der Waals surface area contributed by atoms with E-state index < -0.39 is 5.97 Å². The Kier molecular flexibility index (Phi) is 5.01. The van der Waals surface area contributed by atoms with E-state index in [4.69, 9.17) is 5.11 Å². The number of carboxylic acids is 1. The van der Waals surface area contributed by atoms with Crippen molar-refractivity contribution in [2.24, 2.45) is 0 Å².